The second-order valence-electron chi connectivity index (χ2n) is 7.95. The Hall–Kier alpha value is -0.0500. The smallest absolute Gasteiger partial charge is 0.142 e. The van der Waals surface area contributed by atoms with E-state index in [-0.39, 0.29) is 12.4 Å². The third kappa shape index (κ3) is 14.3. The average molecular weight is 361 g/mol. The van der Waals surface area contributed by atoms with E-state index >= 15 is 0 Å². The van der Waals surface area contributed by atoms with Crippen LogP contribution in [-0.4, -0.2) is 37.8 Å². The van der Waals surface area contributed by atoms with E-state index in [1.807, 2.05) is 0 Å². The molecule has 0 saturated heterocycles. The van der Waals surface area contributed by atoms with Crippen LogP contribution in [0.15, 0.2) is 12.2 Å². The van der Waals surface area contributed by atoms with E-state index in [0.29, 0.717) is 6.17 Å². The fourth-order valence-electron chi connectivity index (χ4n) is 3.34. The van der Waals surface area contributed by atoms with Gasteiger partial charge in [-0.1, -0.05) is 77.4 Å². The molecule has 1 atom stereocenters. The fraction of sp³-hybridized carbons (Fsp3) is 0.905. The second kappa shape index (κ2) is 16.4. The lowest BCUT2D eigenvalue weighted by molar-refractivity contribution is -0.918. The molecule has 24 heavy (non-hydrogen) atoms. The highest BCUT2D eigenvalue weighted by Gasteiger charge is 2.25. The predicted octanol–water partition coefficient (Wildman–Crippen LogP) is 2.89. The van der Waals surface area contributed by atoms with Gasteiger partial charge in [0.05, 0.1) is 20.6 Å². The molecule has 0 saturated carbocycles. The molecule has 0 amide bonds. The van der Waals surface area contributed by atoms with Gasteiger partial charge >= 0.3 is 0 Å². The van der Waals surface area contributed by atoms with E-state index in [0.717, 1.165) is 11.0 Å². The minimum Gasteiger partial charge on any atom is -1.00 e. The van der Waals surface area contributed by atoms with Gasteiger partial charge in [0.2, 0.25) is 0 Å². The minimum atomic E-state index is 0. The standard InChI is InChI=1S/C21H45N2.ClH/c1-7-9-10-11-12-13-14-15-16-17-18-23(5,6)21(8-2)22-19-20(3)4;/h21-22H,3,7-19H2,1-2,4-6H3;1H/q+1;/p-1. The number of unbranched alkanes of at least 4 members (excludes halogenated alkanes) is 9. The lowest BCUT2D eigenvalue weighted by Gasteiger charge is -2.38. The first-order valence-electron chi connectivity index (χ1n) is 10.1. The lowest BCUT2D eigenvalue weighted by atomic mass is 10.1. The Morgan fingerprint density at radius 3 is 1.75 bits per heavy atom. The topological polar surface area (TPSA) is 12.0 Å². The third-order valence-electron chi connectivity index (χ3n) is 4.96. The van der Waals surface area contributed by atoms with Gasteiger partial charge in [0.25, 0.3) is 0 Å². The van der Waals surface area contributed by atoms with Crippen molar-refractivity contribution in [3.05, 3.63) is 12.2 Å². The van der Waals surface area contributed by atoms with Crippen LogP contribution < -0.4 is 17.7 Å². The summed E-state index contributed by atoms with van der Waals surface area (Å²) < 4.78 is 1.08. The summed E-state index contributed by atoms with van der Waals surface area (Å²) in [5.74, 6) is 0. The Morgan fingerprint density at radius 1 is 0.875 bits per heavy atom. The van der Waals surface area contributed by atoms with Gasteiger partial charge < -0.3 is 16.9 Å². The van der Waals surface area contributed by atoms with Crippen molar-refractivity contribution in [1.82, 2.24) is 5.32 Å². The van der Waals surface area contributed by atoms with Gasteiger partial charge in [0.15, 0.2) is 0 Å². The van der Waals surface area contributed by atoms with Gasteiger partial charge in [-0.15, -0.1) is 0 Å². The molecule has 0 aromatic rings. The van der Waals surface area contributed by atoms with E-state index < -0.39 is 0 Å². The van der Waals surface area contributed by atoms with Gasteiger partial charge in [-0.2, -0.15) is 0 Å². The van der Waals surface area contributed by atoms with Crippen LogP contribution >= 0.6 is 0 Å². The van der Waals surface area contributed by atoms with Gasteiger partial charge in [-0.05, 0) is 19.8 Å². The molecule has 1 unspecified atom stereocenters. The maximum Gasteiger partial charge on any atom is 0.142 e. The number of nitrogens with zero attached hydrogens (tertiary/aromatic N) is 1. The Balaban J connectivity index is 0. The fourth-order valence-corrected chi connectivity index (χ4v) is 3.34. The van der Waals surface area contributed by atoms with Crippen molar-refractivity contribution in [1.29, 1.82) is 0 Å². The van der Waals surface area contributed by atoms with E-state index in [9.17, 15) is 0 Å². The van der Waals surface area contributed by atoms with Crippen molar-refractivity contribution >= 4 is 0 Å². The van der Waals surface area contributed by atoms with Crippen LogP contribution in [0.4, 0.5) is 0 Å². The second-order valence-corrected chi connectivity index (χ2v) is 7.95. The molecule has 0 aliphatic heterocycles. The molecule has 0 heterocycles. The van der Waals surface area contributed by atoms with Gasteiger partial charge in [0.1, 0.15) is 6.17 Å². The predicted molar refractivity (Wildman–Crippen MR) is 106 cm³/mol. The van der Waals surface area contributed by atoms with Crippen molar-refractivity contribution in [3.8, 4) is 0 Å². The summed E-state index contributed by atoms with van der Waals surface area (Å²) in [4.78, 5) is 0. The lowest BCUT2D eigenvalue weighted by Crippen LogP contribution is -3.00. The highest BCUT2D eigenvalue weighted by molar-refractivity contribution is 4.90. The minimum absolute atomic E-state index is 0. The Morgan fingerprint density at radius 2 is 1.33 bits per heavy atom. The highest BCUT2D eigenvalue weighted by atomic mass is 35.5. The molecule has 0 radical (unpaired) electrons. The van der Waals surface area contributed by atoms with Crippen LogP contribution in [0.3, 0.4) is 0 Å². The number of quaternary nitrogens is 1. The van der Waals surface area contributed by atoms with Crippen LogP contribution in [0.5, 0.6) is 0 Å². The molecule has 3 heteroatoms. The Bertz CT molecular complexity index is 290. The molecule has 0 aromatic carbocycles. The zero-order chi connectivity index (χ0) is 17.6. The quantitative estimate of drug-likeness (QED) is 0.193. The van der Waals surface area contributed by atoms with Crippen LogP contribution in [0, 0.1) is 0 Å². The van der Waals surface area contributed by atoms with E-state index in [4.69, 9.17) is 0 Å². The molecule has 0 fully saturated rings. The van der Waals surface area contributed by atoms with Crippen molar-refractivity contribution in [3.63, 3.8) is 0 Å². The van der Waals surface area contributed by atoms with Gasteiger partial charge in [-0.25, -0.2) is 0 Å². The number of hydrogen-bond acceptors (Lipinski definition) is 1. The normalized spacial score (nSPS) is 12.7. The van der Waals surface area contributed by atoms with Crippen LogP contribution in [-0.2, 0) is 0 Å². The van der Waals surface area contributed by atoms with Crippen LogP contribution in [0.1, 0.15) is 91.4 Å². The van der Waals surface area contributed by atoms with E-state index in [1.165, 1.54) is 82.7 Å². The SMILES string of the molecule is C=C(C)CNC(CC)[N+](C)(C)CCCCCCCCCCCC.[Cl-]. The largest absolute Gasteiger partial charge is 1.00 e. The summed E-state index contributed by atoms with van der Waals surface area (Å²) in [7, 11) is 4.74. The maximum absolute atomic E-state index is 4.00. The summed E-state index contributed by atoms with van der Waals surface area (Å²) in [5.41, 5.74) is 1.22. The Labute approximate surface area is 159 Å². The van der Waals surface area contributed by atoms with Crippen molar-refractivity contribution in [2.24, 2.45) is 0 Å². The number of rotatable bonds is 16. The molecular formula is C21H45ClN2. The molecule has 0 aromatic heterocycles. The molecule has 0 rings (SSSR count). The molecule has 1 N–H and O–H groups in total. The molecule has 2 nitrogen and oxygen atoms in total. The molecular weight excluding hydrogens is 316 g/mol. The van der Waals surface area contributed by atoms with Crippen molar-refractivity contribution in [2.45, 2.75) is 97.6 Å². The number of halogens is 1. The first kappa shape index (κ1) is 26.2. The highest BCUT2D eigenvalue weighted by Crippen LogP contribution is 2.14. The van der Waals surface area contributed by atoms with Crippen LogP contribution in [0.2, 0.25) is 0 Å². The first-order chi connectivity index (χ1) is 10.9. The summed E-state index contributed by atoms with van der Waals surface area (Å²) in [5, 5.41) is 3.67. The zero-order valence-electron chi connectivity index (χ0n) is 17.3. The Kier molecular flexibility index (Phi) is 17.9. The summed E-state index contributed by atoms with van der Waals surface area (Å²) in [6, 6.07) is 0. The van der Waals surface area contributed by atoms with Crippen molar-refractivity contribution < 1.29 is 16.9 Å². The van der Waals surface area contributed by atoms with Crippen LogP contribution in [0.25, 0.3) is 0 Å². The molecule has 146 valence electrons. The monoisotopic (exact) mass is 360 g/mol. The van der Waals surface area contributed by atoms with Crippen molar-refractivity contribution in [2.75, 3.05) is 27.2 Å². The van der Waals surface area contributed by atoms with E-state index in [1.54, 1.807) is 0 Å². The molecule has 0 aliphatic carbocycles. The first-order valence-corrected chi connectivity index (χ1v) is 10.1. The number of nitrogens with one attached hydrogen (secondary N) is 1. The number of hydrogen-bond donors (Lipinski definition) is 1. The van der Waals surface area contributed by atoms with E-state index in [2.05, 4.69) is 46.8 Å². The molecule has 0 bridgehead atoms. The molecule has 0 spiro atoms. The van der Waals surface area contributed by atoms with Gasteiger partial charge in [0, 0.05) is 13.0 Å². The third-order valence-corrected chi connectivity index (χ3v) is 4.96. The summed E-state index contributed by atoms with van der Waals surface area (Å²) in [6.07, 6.45) is 15.9. The summed E-state index contributed by atoms with van der Waals surface area (Å²) >= 11 is 0. The molecule has 0 aliphatic rings. The zero-order valence-corrected chi connectivity index (χ0v) is 18.1. The summed E-state index contributed by atoms with van der Waals surface area (Å²) in [6.45, 7) is 12.9. The maximum atomic E-state index is 4.00. The average Bonchev–Trinajstić information content (AvgIpc) is 2.49. The van der Waals surface area contributed by atoms with Gasteiger partial charge in [-0.3, -0.25) is 5.32 Å².